The third-order valence-corrected chi connectivity index (χ3v) is 2.34. The molecule has 1 aromatic carbocycles. The zero-order valence-electron chi connectivity index (χ0n) is 7.08. The second-order valence-electron chi connectivity index (χ2n) is 3.23. The lowest BCUT2D eigenvalue weighted by molar-refractivity contribution is 0.267. The molecule has 0 radical (unpaired) electrons. The van der Waals surface area contributed by atoms with Crippen LogP contribution in [0.5, 0.6) is 11.5 Å². The van der Waals surface area contributed by atoms with E-state index in [0.29, 0.717) is 11.7 Å². The summed E-state index contributed by atoms with van der Waals surface area (Å²) in [4.78, 5) is 0. The van der Waals surface area contributed by atoms with E-state index in [9.17, 15) is 5.11 Å². The number of fused-ring (bicyclic) bond motifs is 1. The van der Waals surface area contributed by atoms with Crippen molar-refractivity contribution < 1.29 is 9.84 Å². The maximum absolute atomic E-state index is 9.55. The largest absolute Gasteiger partial charge is 0.508 e. The fourth-order valence-electron chi connectivity index (χ4n) is 1.64. The van der Waals surface area contributed by atoms with Crippen LogP contribution in [0.15, 0.2) is 18.2 Å². The second kappa shape index (κ2) is 2.70. The van der Waals surface area contributed by atoms with Gasteiger partial charge in [0.2, 0.25) is 0 Å². The number of hydrogen-bond acceptors (Lipinski definition) is 2. The molecule has 0 spiro atoms. The Hall–Kier alpha value is -1.18. The normalized spacial score (nSPS) is 21.2. The quantitative estimate of drug-likeness (QED) is 0.637. The predicted octanol–water partition coefficient (Wildman–Crippen LogP) is 2.28. The van der Waals surface area contributed by atoms with E-state index in [2.05, 4.69) is 6.92 Å². The van der Waals surface area contributed by atoms with E-state index >= 15 is 0 Å². The topological polar surface area (TPSA) is 29.5 Å². The number of aromatic hydroxyl groups is 1. The third kappa shape index (κ3) is 1.04. The van der Waals surface area contributed by atoms with E-state index in [1.165, 1.54) is 0 Å². The van der Waals surface area contributed by atoms with Crippen molar-refractivity contribution in [2.24, 2.45) is 0 Å². The van der Waals surface area contributed by atoms with Crippen LogP contribution in [0.2, 0.25) is 0 Å². The Morgan fingerprint density at radius 3 is 3.08 bits per heavy atom. The van der Waals surface area contributed by atoms with Crippen molar-refractivity contribution >= 4 is 0 Å². The van der Waals surface area contributed by atoms with Gasteiger partial charge in [-0.15, -0.1) is 0 Å². The smallest absolute Gasteiger partial charge is 0.126 e. The molecule has 64 valence electrons. The van der Waals surface area contributed by atoms with E-state index in [1.807, 2.05) is 12.1 Å². The molecule has 2 heteroatoms. The summed E-state index contributed by atoms with van der Waals surface area (Å²) in [7, 11) is 0. The fraction of sp³-hybridized carbons (Fsp3) is 0.400. The molecule has 2 nitrogen and oxygen atoms in total. The Balaban J connectivity index is 2.53. The number of phenolic OH excluding ortho intramolecular Hbond substituents is 1. The highest BCUT2D eigenvalue weighted by molar-refractivity contribution is 5.47. The molecule has 0 saturated carbocycles. The highest BCUT2D eigenvalue weighted by Crippen LogP contribution is 2.38. The molecule has 0 aromatic heterocycles. The van der Waals surface area contributed by atoms with E-state index in [-0.39, 0.29) is 0 Å². The molecular weight excluding hydrogens is 152 g/mol. The summed E-state index contributed by atoms with van der Waals surface area (Å²) in [5.41, 5.74) is 0.962. The molecule has 1 atom stereocenters. The van der Waals surface area contributed by atoms with Gasteiger partial charge in [-0.3, -0.25) is 0 Å². The predicted molar refractivity (Wildman–Crippen MR) is 46.6 cm³/mol. The van der Waals surface area contributed by atoms with Gasteiger partial charge in [0.05, 0.1) is 6.61 Å². The van der Waals surface area contributed by atoms with Gasteiger partial charge in [0.1, 0.15) is 11.5 Å². The SMILES string of the molecule is C[C@H]1CCOc2cccc(O)c21. The van der Waals surface area contributed by atoms with Crippen molar-refractivity contribution in [3.8, 4) is 11.5 Å². The average Bonchev–Trinajstić information content (AvgIpc) is 2.04. The van der Waals surface area contributed by atoms with Crippen LogP contribution in [0.4, 0.5) is 0 Å². The van der Waals surface area contributed by atoms with Gasteiger partial charge in [0.25, 0.3) is 0 Å². The first-order valence-electron chi connectivity index (χ1n) is 4.23. The van der Waals surface area contributed by atoms with Crippen LogP contribution in [-0.2, 0) is 0 Å². The second-order valence-corrected chi connectivity index (χ2v) is 3.23. The fourth-order valence-corrected chi connectivity index (χ4v) is 1.64. The maximum atomic E-state index is 9.55. The number of ether oxygens (including phenoxy) is 1. The minimum absolute atomic E-state index is 0.361. The molecule has 1 heterocycles. The zero-order valence-corrected chi connectivity index (χ0v) is 7.08. The van der Waals surface area contributed by atoms with E-state index in [4.69, 9.17) is 4.74 Å². The lowest BCUT2D eigenvalue weighted by atomic mass is 9.94. The summed E-state index contributed by atoms with van der Waals surface area (Å²) in [6, 6.07) is 5.43. The van der Waals surface area contributed by atoms with Crippen molar-refractivity contribution in [1.82, 2.24) is 0 Å². The van der Waals surface area contributed by atoms with Crippen LogP contribution in [-0.4, -0.2) is 11.7 Å². The van der Waals surface area contributed by atoms with Gasteiger partial charge in [-0.1, -0.05) is 13.0 Å². The van der Waals surface area contributed by atoms with Crippen LogP contribution < -0.4 is 4.74 Å². The summed E-state index contributed by atoms with van der Waals surface area (Å²) >= 11 is 0. The van der Waals surface area contributed by atoms with Gasteiger partial charge in [0, 0.05) is 5.56 Å². The van der Waals surface area contributed by atoms with Gasteiger partial charge in [-0.05, 0) is 24.5 Å². The molecule has 0 bridgehead atoms. The minimum Gasteiger partial charge on any atom is -0.508 e. The summed E-state index contributed by atoms with van der Waals surface area (Å²) in [5.74, 6) is 1.61. The van der Waals surface area contributed by atoms with Crippen LogP contribution >= 0.6 is 0 Å². The van der Waals surface area contributed by atoms with E-state index < -0.39 is 0 Å². The monoisotopic (exact) mass is 164 g/mol. The van der Waals surface area contributed by atoms with E-state index in [0.717, 1.165) is 24.3 Å². The first-order valence-corrected chi connectivity index (χ1v) is 4.23. The molecule has 1 N–H and O–H groups in total. The van der Waals surface area contributed by atoms with Crippen molar-refractivity contribution in [1.29, 1.82) is 0 Å². The molecule has 12 heavy (non-hydrogen) atoms. The third-order valence-electron chi connectivity index (χ3n) is 2.34. The number of hydrogen-bond donors (Lipinski definition) is 1. The van der Waals surface area contributed by atoms with E-state index in [1.54, 1.807) is 6.07 Å². The van der Waals surface area contributed by atoms with Gasteiger partial charge in [-0.25, -0.2) is 0 Å². The Labute approximate surface area is 71.8 Å². The summed E-state index contributed by atoms with van der Waals surface area (Å²) in [6.07, 6.45) is 0.991. The molecule has 2 rings (SSSR count). The molecule has 0 saturated heterocycles. The zero-order chi connectivity index (χ0) is 8.55. The Kier molecular flexibility index (Phi) is 1.68. The van der Waals surface area contributed by atoms with Crippen molar-refractivity contribution in [2.45, 2.75) is 19.3 Å². The van der Waals surface area contributed by atoms with Crippen molar-refractivity contribution in [3.05, 3.63) is 23.8 Å². The lowest BCUT2D eigenvalue weighted by Crippen LogP contribution is -2.11. The number of benzene rings is 1. The Bertz CT molecular complexity index is 294. The first-order chi connectivity index (χ1) is 5.79. The molecule has 0 fully saturated rings. The number of phenols is 1. The average molecular weight is 164 g/mol. The molecule has 1 aliphatic rings. The highest BCUT2D eigenvalue weighted by atomic mass is 16.5. The van der Waals surface area contributed by atoms with Crippen LogP contribution in [0.3, 0.4) is 0 Å². The molecule has 0 aliphatic carbocycles. The van der Waals surface area contributed by atoms with Crippen molar-refractivity contribution in [3.63, 3.8) is 0 Å². The van der Waals surface area contributed by atoms with Crippen LogP contribution in [0.1, 0.15) is 24.8 Å². The van der Waals surface area contributed by atoms with Gasteiger partial charge < -0.3 is 9.84 Å². The summed E-state index contributed by atoms with van der Waals surface area (Å²) in [5, 5.41) is 9.55. The molecule has 1 aliphatic heterocycles. The first kappa shape index (κ1) is 7.47. The highest BCUT2D eigenvalue weighted by Gasteiger charge is 2.20. The molecule has 0 amide bonds. The van der Waals surface area contributed by atoms with Gasteiger partial charge >= 0.3 is 0 Å². The Morgan fingerprint density at radius 2 is 2.33 bits per heavy atom. The van der Waals surface area contributed by atoms with Gasteiger partial charge in [-0.2, -0.15) is 0 Å². The van der Waals surface area contributed by atoms with Crippen LogP contribution in [0.25, 0.3) is 0 Å². The van der Waals surface area contributed by atoms with Gasteiger partial charge in [0.15, 0.2) is 0 Å². The van der Waals surface area contributed by atoms with Crippen molar-refractivity contribution in [2.75, 3.05) is 6.61 Å². The Morgan fingerprint density at radius 1 is 1.50 bits per heavy atom. The minimum atomic E-state index is 0.361. The number of rotatable bonds is 0. The van der Waals surface area contributed by atoms with Crippen LogP contribution in [0, 0.1) is 0 Å². The summed E-state index contributed by atoms with van der Waals surface area (Å²) < 4.78 is 5.41. The standard InChI is InChI=1S/C10H12O2/c1-7-5-6-12-9-4-2-3-8(11)10(7)9/h2-4,7,11H,5-6H2,1H3/t7-/m0/s1. The molecule has 1 aromatic rings. The lowest BCUT2D eigenvalue weighted by Gasteiger charge is -2.23. The maximum Gasteiger partial charge on any atom is 0.126 e. The summed E-state index contributed by atoms with van der Waals surface area (Å²) in [6.45, 7) is 2.87. The molecular formula is C10H12O2. The molecule has 0 unspecified atom stereocenters.